The van der Waals surface area contributed by atoms with Crippen molar-refractivity contribution in [1.29, 1.82) is 0 Å². The Bertz CT molecular complexity index is 754. The highest BCUT2D eigenvalue weighted by Crippen LogP contribution is 2.49. The van der Waals surface area contributed by atoms with Crippen LogP contribution in [0.2, 0.25) is 0 Å². The van der Waals surface area contributed by atoms with Gasteiger partial charge in [-0.3, -0.25) is 4.90 Å². The summed E-state index contributed by atoms with van der Waals surface area (Å²) < 4.78 is 5.79. The van der Waals surface area contributed by atoms with Crippen molar-refractivity contribution in [2.24, 2.45) is 0 Å². The van der Waals surface area contributed by atoms with E-state index in [1.807, 2.05) is 13.0 Å². The number of aromatic hydroxyl groups is 1. The number of nitrogens with zero attached hydrogens (tertiary/aromatic N) is 1. The summed E-state index contributed by atoms with van der Waals surface area (Å²) in [6, 6.07) is 10.6. The SMILES string of the molecule is CCOc1cc2c3c(c1)-c1c(O)cccc1C[C@H]3N(CC)CC2. The Morgan fingerprint density at radius 2 is 2.09 bits per heavy atom. The summed E-state index contributed by atoms with van der Waals surface area (Å²) >= 11 is 0. The first kappa shape index (κ1) is 14.6. The summed E-state index contributed by atoms with van der Waals surface area (Å²) in [7, 11) is 0. The highest BCUT2D eigenvalue weighted by Gasteiger charge is 2.35. The first-order chi connectivity index (χ1) is 11.2. The molecule has 2 aromatic carbocycles. The minimum atomic E-state index is 0.380. The van der Waals surface area contributed by atoms with E-state index in [0.29, 0.717) is 18.4 Å². The molecule has 0 unspecified atom stereocenters. The van der Waals surface area contributed by atoms with Crippen LogP contribution in [0.4, 0.5) is 0 Å². The van der Waals surface area contributed by atoms with Gasteiger partial charge in [0.1, 0.15) is 11.5 Å². The highest BCUT2D eigenvalue weighted by atomic mass is 16.5. The van der Waals surface area contributed by atoms with Crippen LogP contribution in [0.3, 0.4) is 0 Å². The maximum atomic E-state index is 10.5. The average Bonchev–Trinajstić information content (AvgIpc) is 2.55. The van der Waals surface area contributed by atoms with Crippen LogP contribution in [-0.4, -0.2) is 29.7 Å². The van der Waals surface area contributed by atoms with E-state index in [0.717, 1.165) is 42.8 Å². The molecule has 2 aromatic rings. The zero-order chi connectivity index (χ0) is 16.0. The molecule has 120 valence electrons. The molecule has 1 heterocycles. The highest BCUT2D eigenvalue weighted by molar-refractivity contribution is 5.81. The molecule has 3 nitrogen and oxygen atoms in total. The van der Waals surface area contributed by atoms with E-state index in [1.165, 1.54) is 16.7 Å². The van der Waals surface area contributed by atoms with Gasteiger partial charge in [-0.15, -0.1) is 0 Å². The third-order valence-electron chi connectivity index (χ3n) is 5.21. The van der Waals surface area contributed by atoms with Crippen molar-refractivity contribution in [2.75, 3.05) is 19.7 Å². The molecule has 0 fully saturated rings. The lowest BCUT2D eigenvalue weighted by molar-refractivity contribution is 0.192. The molecule has 1 aliphatic heterocycles. The summed E-state index contributed by atoms with van der Waals surface area (Å²) in [5, 5.41) is 10.5. The summed E-state index contributed by atoms with van der Waals surface area (Å²) in [5.74, 6) is 1.30. The number of hydrogen-bond acceptors (Lipinski definition) is 3. The molecule has 0 bridgehead atoms. The third kappa shape index (κ3) is 2.22. The number of fused-ring (bicyclic) bond motifs is 2. The quantitative estimate of drug-likeness (QED) is 0.932. The number of rotatable bonds is 3. The standard InChI is InChI=1S/C20H23NO2/c1-3-21-9-8-14-10-15(23-4-2)12-16-19(14)17(21)11-13-6-5-7-18(22)20(13)16/h5-7,10,12,17,22H,3-4,8-9,11H2,1-2H3/t17-/m1/s1. The lowest BCUT2D eigenvalue weighted by Gasteiger charge is -2.41. The molecule has 2 aliphatic rings. The van der Waals surface area contributed by atoms with Gasteiger partial charge < -0.3 is 9.84 Å². The molecule has 0 spiro atoms. The molecule has 0 aromatic heterocycles. The van der Waals surface area contributed by atoms with Crippen LogP contribution in [0.5, 0.6) is 11.5 Å². The molecule has 4 rings (SSSR count). The van der Waals surface area contributed by atoms with Gasteiger partial charge in [-0.1, -0.05) is 19.1 Å². The van der Waals surface area contributed by atoms with Crippen molar-refractivity contribution in [3.63, 3.8) is 0 Å². The Hall–Kier alpha value is -2.00. The monoisotopic (exact) mass is 309 g/mol. The summed E-state index contributed by atoms with van der Waals surface area (Å²) in [6.07, 6.45) is 2.03. The molecule has 1 aliphatic carbocycles. The van der Waals surface area contributed by atoms with Gasteiger partial charge in [0.25, 0.3) is 0 Å². The largest absolute Gasteiger partial charge is 0.507 e. The summed E-state index contributed by atoms with van der Waals surface area (Å²) in [5.41, 5.74) is 6.18. The van der Waals surface area contributed by atoms with E-state index in [-0.39, 0.29) is 0 Å². The molecular weight excluding hydrogens is 286 g/mol. The zero-order valence-corrected chi connectivity index (χ0v) is 13.8. The molecular formula is C20H23NO2. The van der Waals surface area contributed by atoms with Crippen LogP contribution in [0.15, 0.2) is 30.3 Å². The van der Waals surface area contributed by atoms with Gasteiger partial charge in [0, 0.05) is 18.2 Å². The lowest BCUT2D eigenvalue weighted by Crippen LogP contribution is -2.38. The van der Waals surface area contributed by atoms with Crippen molar-refractivity contribution in [1.82, 2.24) is 4.90 Å². The molecule has 1 atom stereocenters. The van der Waals surface area contributed by atoms with Gasteiger partial charge in [0.2, 0.25) is 0 Å². The van der Waals surface area contributed by atoms with Crippen LogP contribution in [0, 0.1) is 0 Å². The van der Waals surface area contributed by atoms with E-state index in [2.05, 4.69) is 30.0 Å². The van der Waals surface area contributed by atoms with Crippen LogP contribution >= 0.6 is 0 Å². The molecule has 1 N–H and O–H groups in total. The zero-order valence-electron chi connectivity index (χ0n) is 13.8. The maximum absolute atomic E-state index is 10.5. The van der Waals surface area contributed by atoms with Gasteiger partial charge in [-0.25, -0.2) is 0 Å². The van der Waals surface area contributed by atoms with Gasteiger partial charge >= 0.3 is 0 Å². The molecule has 0 amide bonds. The molecule has 0 radical (unpaired) electrons. The van der Waals surface area contributed by atoms with Gasteiger partial charge in [0.15, 0.2) is 0 Å². The fourth-order valence-electron chi connectivity index (χ4n) is 4.23. The molecule has 0 saturated heterocycles. The maximum Gasteiger partial charge on any atom is 0.123 e. The van der Waals surface area contributed by atoms with Crippen molar-refractivity contribution >= 4 is 0 Å². The van der Waals surface area contributed by atoms with Crippen LogP contribution in [-0.2, 0) is 12.8 Å². The second-order valence-electron chi connectivity index (χ2n) is 6.39. The minimum Gasteiger partial charge on any atom is -0.507 e. The Morgan fingerprint density at radius 3 is 2.87 bits per heavy atom. The van der Waals surface area contributed by atoms with Crippen LogP contribution in [0.25, 0.3) is 11.1 Å². The van der Waals surface area contributed by atoms with Crippen LogP contribution in [0.1, 0.15) is 36.6 Å². The molecule has 23 heavy (non-hydrogen) atoms. The first-order valence-electron chi connectivity index (χ1n) is 8.57. The Balaban J connectivity index is 1.97. The normalized spacial score (nSPS) is 19.1. The van der Waals surface area contributed by atoms with E-state index < -0.39 is 0 Å². The Labute approximate surface area is 137 Å². The first-order valence-corrected chi connectivity index (χ1v) is 8.57. The van der Waals surface area contributed by atoms with Gasteiger partial charge in [-0.05, 0) is 66.8 Å². The smallest absolute Gasteiger partial charge is 0.123 e. The molecule has 0 saturated carbocycles. The number of likely N-dealkylation sites (N-methyl/N-ethyl adjacent to an activating group) is 1. The Kier molecular flexibility index (Phi) is 3.53. The average molecular weight is 309 g/mol. The summed E-state index contributed by atoms with van der Waals surface area (Å²) in [4.78, 5) is 2.55. The number of phenols is 1. The number of phenolic OH excluding ortho intramolecular Hbond substituents is 1. The van der Waals surface area contributed by atoms with E-state index >= 15 is 0 Å². The van der Waals surface area contributed by atoms with E-state index in [9.17, 15) is 5.11 Å². The lowest BCUT2D eigenvalue weighted by atomic mass is 9.76. The van der Waals surface area contributed by atoms with Crippen molar-refractivity contribution in [3.8, 4) is 22.6 Å². The van der Waals surface area contributed by atoms with Crippen molar-refractivity contribution in [3.05, 3.63) is 47.0 Å². The Morgan fingerprint density at radius 1 is 1.22 bits per heavy atom. The van der Waals surface area contributed by atoms with Gasteiger partial charge in [0.05, 0.1) is 6.61 Å². The topological polar surface area (TPSA) is 32.7 Å². The predicted molar refractivity (Wildman–Crippen MR) is 92.1 cm³/mol. The predicted octanol–water partition coefficient (Wildman–Crippen LogP) is 3.93. The van der Waals surface area contributed by atoms with E-state index in [1.54, 1.807) is 6.07 Å². The van der Waals surface area contributed by atoms with Crippen molar-refractivity contribution in [2.45, 2.75) is 32.7 Å². The second-order valence-corrected chi connectivity index (χ2v) is 6.39. The fourth-order valence-corrected chi connectivity index (χ4v) is 4.23. The third-order valence-corrected chi connectivity index (χ3v) is 5.21. The van der Waals surface area contributed by atoms with Crippen LogP contribution < -0.4 is 4.74 Å². The number of ether oxygens (including phenoxy) is 1. The number of hydrogen-bond donors (Lipinski definition) is 1. The summed E-state index contributed by atoms with van der Waals surface area (Å²) in [6.45, 7) is 7.06. The minimum absolute atomic E-state index is 0.380. The van der Waals surface area contributed by atoms with E-state index in [4.69, 9.17) is 4.74 Å². The van der Waals surface area contributed by atoms with Gasteiger partial charge in [-0.2, -0.15) is 0 Å². The molecule has 3 heteroatoms. The second kappa shape index (κ2) is 5.57. The fraction of sp³-hybridized carbons (Fsp3) is 0.400. The van der Waals surface area contributed by atoms with Crippen molar-refractivity contribution < 1.29 is 9.84 Å². The number of benzene rings is 2.